The predicted octanol–water partition coefficient (Wildman–Crippen LogP) is 5.71. The van der Waals surface area contributed by atoms with E-state index in [0.29, 0.717) is 27.7 Å². The second-order valence-corrected chi connectivity index (χ2v) is 7.20. The number of aromatic carboxylic acids is 1. The first-order valence-electron chi connectivity index (χ1n) is 8.13. The summed E-state index contributed by atoms with van der Waals surface area (Å²) in [5.74, 6) is -0.713. The minimum atomic E-state index is -0.946. The molecule has 5 heteroatoms. The molecule has 126 valence electrons. The molecule has 1 N–H and O–H groups in total. The number of hydrogen-bond acceptors (Lipinski definition) is 2. The number of carbonyl (C=O) groups is 1. The maximum absolute atomic E-state index is 12.1. The largest absolute Gasteiger partial charge is 0.478 e. The van der Waals surface area contributed by atoms with Crippen molar-refractivity contribution in [2.24, 2.45) is 0 Å². The van der Waals surface area contributed by atoms with Gasteiger partial charge in [0, 0.05) is 27.8 Å². The molecule has 4 rings (SSSR count). The lowest BCUT2D eigenvalue weighted by Crippen LogP contribution is -2.11. The van der Waals surface area contributed by atoms with E-state index in [9.17, 15) is 9.90 Å². The van der Waals surface area contributed by atoms with Crippen LogP contribution in [-0.2, 0) is 6.42 Å². The van der Waals surface area contributed by atoms with Gasteiger partial charge in [-0.15, -0.1) is 0 Å². The van der Waals surface area contributed by atoms with Crippen LogP contribution in [-0.4, -0.2) is 16.1 Å². The molecule has 0 spiro atoms. The van der Waals surface area contributed by atoms with E-state index in [-0.39, 0.29) is 5.92 Å². The Morgan fingerprint density at radius 3 is 2.60 bits per heavy atom. The number of rotatable bonds is 4. The first-order valence-corrected chi connectivity index (χ1v) is 8.89. The van der Waals surface area contributed by atoms with E-state index in [1.54, 1.807) is 12.1 Å². The molecule has 0 unspecified atom stereocenters. The van der Waals surface area contributed by atoms with Crippen molar-refractivity contribution in [3.05, 3.63) is 74.9 Å². The molecule has 1 aromatic heterocycles. The van der Waals surface area contributed by atoms with Crippen molar-refractivity contribution in [3.8, 4) is 0 Å². The van der Waals surface area contributed by atoms with Crippen molar-refractivity contribution < 1.29 is 9.90 Å². The van der Waals surface area contributed by atoms with E-state index < -0.39 is 5.97 Å². The van der Waals surface area contributed by atoms with Crippen molar-refractivity contribution in [2.45, 2.75) is 25.2 Å². The van der Waals surface area contributed by atoms with Gasteiger partial charge in [0.2, 0.25) is 0 Å². The zero-order valence-electron chi connectivity index (χ0n) is 13.3. The van der Waals surface area contributed by atoms with Gasteiger partial charge in [-0.2, -0.15) is 0 Å². The number of pyridine rings is 1. The van der Waals surface area contributed by atoms with E-state index in [2.05, 4.69) is 4.98 Å². The Bertz CT molecular complexity index is 996. The van der Waals surface area contributed by atoms with Gasteiger partial charge in [-0.25, -0.2) is 4.79 Å². The summed E-state index contributed by atoms with van der Waals surface area (Å²) in [5, 5.41) is 11.8. The minimum Gasteiger partial charge on any atom is -0.478 e. The number of aromatic nitrogens is 1. The van der Waals surface area contributed by atoms with Crippen LogP contribution in [0, 0.1) is 0 Å². The zero-order chi connectivity index (χ0) is 17.6. The van der Waals surface area contributed by atoms with Crippen molar-refractivity contribution in [1.29, 1.82) is 0 Å². The Morgan fingerprint density at radius 1 is 1.16 bits per heavy atom. The quantitative estimate of drug-likeness (QED) is 0.638. The van der Waals surface area contributed by atoms with Gasteiger partial charge in [0.05, 0.1) is 16.8 Å². The van der Waals surface area contributed by atoms with E-state index >= 15 is 0 Å². The molecule has 0 atom stereocenters. The number of benzene rings is 2. The molecule has 1 fully saturated rings. The lowest BCUT2D eigenvalue weighted by atomic mass is 9.93. The van der Waals surface area contributed by atoms with Gasteiger partial charge in [-0.3, -0.25) is 4.98 Å². The highest BCUT2D eigenvalue weighted by atomic mass is 35.5. The number of carboxylic acids is 1. The van der Waals surface area contributed by atoms with E-state index in [1.807, 2.05) is 30.3 Å². The molecular formula is C20H15Cl2NO2. The van der Waals surface area contributed by atoms with Crippen LogP contribution in [0.5, 0.6) is 0 Å². The van der Waals surface area contributed by atoms with Gasteiger partial charge < -0.3 is 5.11 Å². The molecule has 3 aromatic rings. The monoisotopic (exact) mass is 371 g/mol. The van der Waals surface area contributed by atoms with Crippen LogP contribution in [0.3, 0.4) is 0 Å². The SMILES string of the molecule is O=C(O)c1c(C2CC2)nc2ccc(Cl)cc2c1Cc1ccccc1Cl. The fourth-order valence-electron chi connectivity index (χ4n) is 3.23. The smallest absolute Gasteiger partial charge is 0.337 e. The minimum absolute atomic E-state index is 0.233. The molecule has 0 amide bonds. The summed E-state index contributed by atoms with van der Waals surface area (Å²) in [5.41, 5.74) is 3.39. The number of hydrogen-bond donors (Lipinski definition) is 1. The van der Waals surface area contributed by atoms with Crippen molar-refractivity contribution >= 4 is 40.1 Å². The molecular weight excluding hydrogens is 357 g/mol. The van der Waals surface area contributed by atoms with E-state index in [1.165, 1.54) is 0 Å². The summed E-state index contributed by atoms with van der Waals surface area (Å²) in [4.78, 5) is 16.7. The summed E-state index contributed by atoms with van der Waals surface area (Å²) >= 11 is 12.5. The summed E-state index contributed by atoms with van der Waals surface area (Å²) in [7, 11) is 0. The molecule has 1 saturated carbocycles. The summed E-state index contributed by atoms with van der Waals surface area (Å²) < 4.78 is 0. The fourth-order valence-corrected chi connectivity index (χ4v) is 3.60. The first-order chi connectivity index (χ1) is 12.0. The molecule has 0 aliphatic heterocycles. The van der Waals surface area contributed by atoms with Crippen molar-refractivity contribution in [1.82, 2.24) is 4.98 Å². The third kappa shape index (κ3) is 3.10. The van der Waals surface area contributed by atoms with Crippen LogP contribution in [0.1, 0.15) is 45.9 Å². The predicted molar refractivity (Wildman–Crippen MR) is 99.9 cm³/mol. The van der Waals surface area contributed by atoms with Gasteiger partial charge in [-0.1, -0.05) is 41.4 Å². The van der Waals surface area contributed by atoms with Crippen LogP contribution < -0.4 is 0 Å². The standard InChI is InChI=1S/C20H15Cl2NO2/c21-13-7-8-17-14(10-13)15(9-12-3-1-2-4-16(12)22)18(20(24)25)19(23-17)11-5-6-11/h1-4,7-8,10-11H,5-6,9H2,(H,24,25). The molecule has 1 heterocycles. The highest BCUT2D eigenvalue weighted by Gasteiger charge is 2.32. The van der Waals surface area contributed by atoms with Crippen LogP contribution in [0.2, 0.25) is 10.0 Å². The molecule has 0 saturated heterocycles. The van der Waals surface area contributed by atoms with Crippen LogP contribution in [0.15, 0.2) is 42.5 Å². The maximum Gasteiger partial charge on any atom is 0.337 e. The normalized spacial score (nSPS) is 14.0. The zero-order valence-corrected chi connectivity index (χ0v) is 14.8. The molecule has 1 aliphatic rings. The average molecular weight is 372 g/mol. The second kappa shape index (κ2) is 6.32. The highest BCUT2D eigenvalue weighted by Crippen LogP contribution is 2.43. The summed E-state index contributed by atoms with van der Waals surface area (Å²) in [6.45, 7) is 0. The summed E-state index contributed by atoms with van der Waals surface area (Å²) in [6, 6.07) is 12.9. The van der Waals surface area contributed by atoms with E-state index in [0.717, 1.165) is 34.9 Å². The molecule has 25 heavy (non-hydrogen) atoms. The Morgan fingerprint density at radius 2 is 1.92 bits per heavy atom. The number of carboxylic acid groups (broad SMARTS) is 1. The first kappa shape index (κ1) is 16.4. The van der Waals surface area contributed by atoms with Gasteiger partial charge in [0.15, 0.2) is 0 Å². The second-order valence-electron chi connectivity index (χ2n) is 6.36. The number of halogens is 2. The van der Waals surface area contributed by atoms with Crippen LogP contribution >= 0.6 is 23.2 Å². The van der Waals surface area contributed by atoms with Crippen molar-refractivity contribution in [3.63, 3.8) is 0 Å². The average Bonchev–Trinajstić information content (AvgIpc) is 3.41. The molecule has 3 nitrogen and oxygen atoms in total. The Balaban J connectivity index is 2.01. The summed E-state index contributed by atoms with van der Waals surface area (Å²) in [6.07, 6.45) is 2.40. The van der Waals surface area contributed by atoms with Gasteiger partial charge in [0.25, 0.3) is 0 Å². The van der Waals surface area contributed by atoms with E-state index in [4.69, 9.17) is 23.2 Å². The third-order valence-corrected chi connectivity index (χ3v) is 5.19. The van der Waals surface area contributed by atoms with Crippen LogP contribution in [0.4, 0.5) is 0 Å². The molecule has 1 aliphatic carbocycles. The Labute approximate surface area is 155 Å². The maximum atomic E-state index is 12.1. The lowest BCUT2D eigenvalue weighted by molar-refractivity contribution is 0.0694. The van der Waals surface area contributed by atoms with Gasteiger partial charge in [0.1, 0.15) is 0 Å². The van der Waals surface area contributed by atoms with Gasteiger partial charge >= 0.3 is 5.97 Å². The lowest BCUT2D eigenvalue weighted by Gasteiger charge is -2.15. The van der Waals surface area contributed by atoms with Crippen molar-refractivity contribution in [2.75, 3.05) is 0 Å². The Hall–Kier alpha value is -2.10. The molecule has 0 bridgehead atoms. The number of fused-ring (bicyclic) bond motifs is 1. The highest BCUT2D eigenvalue weighted by molar-refractivity contribution is 6.31. The molecule has 0 radical (unpaired) electrons. The third-order valence-electron chi connectivity index (χ3n) is 4.59. The fraction of sp³-hybridized carbons (Fsp3) is 0.200. The van der Waals surface area contributed by atoms with Gasteiger partial charge in [-0.05, 0) is 48.2 Å². The topological polar surface area (TPSA) is 50.2 Å². The number of nitrogens with zero attached hydrogens (tertiary/aromatic N) is 1. The Kier molecular flexibility index (Phi) is 4.14. The van der Waals surface area contributed by atoms with Crippen LogP contribution in [0.25, 0.3) is 10.9 Å². The molecule has 2 aromatic carbocycles.